The SMILES string of the molecule is NC(=O)c1ccc(OCC(=O)Nc2ccc(NC(=O)Nc3ccccc3)cc2)cc1. The summed E-state index contributed by atoms with van der Waals surface area (Å²) in [4.78, 5) is 35.1. The van der Waals surface area contributed by atoms with E-state index < -0.39 is 5.91 Å². The summed E-state index contributed by atoms with van der Waals surface area (Å²) < 4.78 is 5.38. The maximum atomic E-state index is 12.0. The summed E-state index contributed by atoms with van der Waals surface area (Å²) in [5, 5.41) is 8.12. The van der Waals surface area contributed by atoms with Crippen LogP contribution >= 0.6 is 0 Å². The molecule has 3 aromatic carbocycles. The minimum absolute atomic E-state index is 0.199. The highest BCUT2D eigenvalue weighted by atomic mass is 16.5. The summed E-state index contributed by atoms with van der Waals surface area (Å²) in [6.45, 7) is -0.199. The molecule has 0 aliphatic carbocycles. The molecule has 4 amide bonds. The number of urea groups is 1. The number of anilines is 3. The standard InChI is InChI=1S/C22H20N4O4/c23-21(28)15-6-12-19(13-7-15)30-14-20(27)24-17-8-10-18(11-9-17)26-22(29)25-16-4-2-1-3-5-16/h1-13H,14H2,(H2,23,28)(H,24,27)(H2,25,26,29). The Balaban J connectivity index is 1.45. The van der Waals surface area contributed by atoms with Gasteiger partial charge >= 0.3 is 6.03 Å². The molecule has 8 nitrogen and oxygen atoms in total. The Bertz CT molecular complexity index is 1020. The first kappa shape index (κ1) is 20.4. The molecule has 0 unspecified atom stereocenters. The fourth-order valence-electron chi connectivity index (χ4n) is 2.51. The first-order valence-electron chi connectivity index (χ1n) is 9.05. The highest BCUT2D eigenvalue weighted by Crippen LogP contribution is 2.15. The van der Waals surface area contributed by atoms with E-state index in [9.17, 15) is 14.4 Å². The molecule has 3 rings (SSSR count). The number of amides is 4. The molecule has 8 heteroatoms. The van der Waals surface area contributed by atoms with Gasteiger partial charge < -0.3 is 26.4 Å². The Labute approximate surface area is 173 Å². The average molecular weight is 404 g/mol. The van der Waals surface area contributed by atoms with E-state index in [0.717, 1.165) is 0 Å². The Morgan fingerprint density at radius 2 is 1.23 bits per heavy atom. The topological polar surface area (TPSA) is 123 Å². The lowest BCUT2D eigenvalue weighted by Crippen LogP contribution is -2.20. The van der Waals surface area contributed by atoms with Crippen molar-refractivity contribution in [2.24, 2.45) is 5.73 Å². The van der Waals surface area contributed by atoms with Gasteiger partial charge in [-0.25, -0.2) is 4.79 Å². The molecular weight excluding hydrogens is 384 g/mol. The molecule has 0 bridgehead atoms. The van der Waals surface area contributed by atoms with E-state index >= 15 is 0 Å². The number of carbonyl (C=O) groups is 3. The third-order valence-corrected chi connectivity index (χ3v) is 3.97. The van der Waals surface area contributed by atoms with Gasteiger partial charge in [0.15, 0.2) is 6.61 Å². The minimum atomic E-state index is -0.533. The van der Waals surface area contributed by atoms with Crippen molar-refractivity contribution in [1.82, 2.24) is 0 Å². The molecule has 5 N–H and O–H groups in total. The number of hydrogen-bond donors (Lipinski definition) is 4. The fourth-order valence-corrected chi connectivity index (χ4v) is 2.51. The minimum Gasteiger partial charge on any atom is -0.484 e. The van der Waals surface area contributed by atoms with Crippen molar-refractivity contribution >= 4 is 34.9 Å². The van der Waals surface area contributed by atoms with Crippen LogP contribution < -0.4 is 26.4 Å². The van der Waals surface area contributed by atoms with E-state index in [1.807, 2.05) is 18.2 Å². The van der Waals surface area contributed by atoms with Crippen LogP contribution in [-0.2, 0) is 4.79 Å². The predicted octanol–water partition coefficient (Wildman–Crippen LogP) is 3.45. The van der Waals surface area contributed by atoms with Gasteiger partial charge in [0, 0.05) is 22.6 Å². The van der Waals surface area contributed by atoms with Crippen molar-refractivity contribution in [2.45, 2.75) is 0 Å². The quantitative estimate of drug-likeness (QED) is 0.482. The molecule has 0 heterocycles. The number of nitrogens with two attached hydrogens (primary N) is 1. The van der Waals surface area contributed by atoms with Crippen LogP contribution in [0.3, 0.4) is 0 Å². The first-order chi connectivity index (χ1) is 14.5. The molecule has 0 spiro atoms. The number of para-hydroxylation sites is 1. The van der Waals surface area contributed by atoms with Gasteiger partial charge in [0.05, 0.1) is 0 Å². The van der Waals surface area contributed by atoms with Crippen LogP contribution in [0.25, 0.3) is 0 Å². The van der Waals surface area contributed by atoms with Gasteiger partial charge in [-0.3, -0.25) is 9.59 Å². The second-order valence-electron chi connectivity index (χ2n) is 6.25. The molecule has 0 aliphatic heterocycles. The van der Waals surface area contributed by atoms with Crippen molar-refractivity contribution in [2.75, 3.05) is 22.6 Å². The molecule has 0 atom stereocenters. The lowest BCUT2D eigenvalue weighted by Gasteiger charge is -2.10. The van der Waals surface area contributed by atoms with E-state index in [-0.39, 0.29) is 18.5 Å². The normalized spacial score (nSPS) is 10.0. The van der Waals surface area contributed by atoms with Gasteiger partial charge in [-0.15, -0.1) is 0 Å². The van der Waals surface area contributed by atoms with E-state index in [0.29, 0.717) is 28.4 Å². The van der Waals surface area contributed by atoms with Crippen molar-refractivity contribution < 1.29 is 19.1 Å². The zero-order valence-electron chi connectivity index (χ0n) is 15.9. The zero-order valence-corrected chi connectivity index (χ0v) is 15.9. The van der Waals surface area contributed by atoms with Crippen LogP contribution in [0.15, 0.2) is 78.9 Å². The molecule has 30 heavy (non-hydrogen) atoms. The molecule has 0 fully saturated rings. The van der Waals surface area contributed by atoms with Gasteiger partial charge in [-0.05, 0) is 60.7 Å². The van der Waals surface area contributed by atoms with Crippen LogP contribution in [0.2, 0.25) is 0 Å². The second-order valence-corrected chi connectivity index (χ2v) is 6.25. The summed E-state index contributed by atoms with van der Waals surface area (Å²) in [6.07, 6.45) is 0. The van der Waals surface area contributed by atoms with Gasteiger partial charge in [0.1, 0.15) is 5.75 Å². The van der Waals surface area contributed by atoms with Crippen molar-refractivity contribution in [3.8, 4) is 5.75 Å². The lowest BCUT2D eigenvalue weighted by molar-refractivity contribution is -0.118. The summed E-state index contributed by atoms with van der Waals surface area (Å²) in [5.41, 5.74) is 7.35. The molecule has 0 radical (unpaired) electrons. The summed E-state index contributed by atoms with van der Waals surface area (Å²) in [6, 6.07) is 21.6. The monoisotopic (exact) mass is 404 g/mol. The van der Waals surface area contributed by atoms with Crippen LogP contribution in [0.1, 0.15) is 10.4 Å². The van der Waals surface area contributed by atoms with Crippen molar-refractivity contribution in [1.29, 1.82) is 0 Å². The Kier molecular flexibility index (Phi) is 6.63. The Hall–Kier alpha value is -4.33. The number of carbonyl (C=O) groups excluding carboxylic acids is 3. The van der Waals surface area contributed by atoms with Crippen LogP contribution in [0, 0.1) is 0 Å². The number of rotatable bonds is 7. The maximum absolute atomic E-state index is 12.0. The smallest absolute Gasteiger partial charge is 0.323 e. The lowest BCUT2D eigenvalue weighted by atomic mass is 10.2. The number of benzene rings is 3. The highest BCUT2D eigenvalue weighted by molar-refractivity contribution is 6.00. The van der Waals surface area contributed by atoms with E-state index in [1.165, 1.54) is 12.1 Å². The number of nitrogens with one attached hydrogen (secondary N) is 3. The Morgan fingerprint density at radius 1 is 0.700 bits per heavy atom. The molecule has 0 saturated carbocycles. The van der Waals surface area contributed by atoms with E-state index in [4.69, 9.17) is 10.5 Å². The van der Waals surface area contributed by atoms with Gasteiger partial charge in [-0.2, -0.15) is 0 Å². The summed E-state index contributed by atoms with van der Waals surface area (Å²) in [5.74, 6) is -0.439. The van der Waals surface area contributed by atoms with Gasteiger partial charge in [-0.1, -0.05) is 18.2 Å². The van der Waals surface area contributed by atoms with Gasteiger partial charge in [0.25, 0.3) is 5.91 Å². The molecular formula is C22H20N4O4. The largest absolute Gasteiger partial charge is 0.484 e. The zero-order chi connectivity index (χ0) is 21.3. The number of ether oxygens (including phenoxy) is 1. The fraction of sp³-hybridized carbons (Fsp3) is 0.0455. The van der Waals surface area contributed by atoms with Gasteiger partial charge in [0.2, 0.25) is 5.91 Å². The predicted molar refractivity (Wildman–Crippen MR) is 115 cm³/mol. The Morgan fingerprint density at radius 3 is 1.80 bits per heavy atom. The average Bonchev–Trinajstić information content (AvgIpc) is 2.74. The third kappa shape index (κ3) is 6.10. The molecule has 0 aromatic heterocycles. The highest BCUT2D eigenvalue weighted by Gasteiger charge is 2.06. The van der Waals surface area contributed by atoms with Crippen molar-refractivity contribution in [3.63, 3.8) is 0 Å². The van der Waals surface area contributed by atoms with Crippen molar-refractivity contribution in [3.05, 3.63) is 84.4 Å². The van der Waals surface area contributed by atoms with Crippen LogP contribution in [0.5, 0.6) is 5.75 Å². The second kappa shape index (κ2) is 9.74. The summed E-state index contributed by atoms with van der Waals surface area (Å²) in [7, 11) is 0. The first-order valence-corrected chi connectivity index (χ1v) is 9.05. The molecule has 3 aromatic rings. The van der Waals surface area contributed by atoms with Crippen LogP contribution in [0.4, 0.5) is 21.9 Å². The molecule has 152 valence electrons. The number of hydrogen-bond acceptors (Lipinski definition) is 4. The van der Waals surface area contributed by atoms with E-state index in [2.05, 4.69) is 16.0 Å². The number of primary amides is 1. The molecule has 0 aliphatic rings. The van der Waals surface area contributed by atoms with E-state index in [1.54, 1.807) is 48.5 Å². The summed E-state index contributed by atoms with van der Waals surface area (Å²) >= 11 is 0. The molecule has 0 saturated heterocycles. The van der Waals surface area contributed by atoms with Crippen LogP contribution in [-0.4, -0.2) is 24.5 Å². The third-order valence-electron chi connectivity index (χ3n) is 3.97. The maximum Gasteiger partial charge on any atom is 0.323 e.